The molecule has 0 fully saturated rings. The molecule has 0 saturated carbocycles. The summed E-state index contributed by atoms with van der Waals surface area (Å²) in [6.07, 6.45) is 1.40. The zero-order valence-corrected chi connectivity index (χ0v) is 16.1. The molecule has 0 aliphatic carbocycles. The molecule has 1 heterocycles. The van der Waals surface area contributed by atoms with Crippen molar-refractivity contribution in [1.29, 1.82) is 0 Å². The maximum Gasteiger partial charge on any atom is 0.271 e. The molecule has 0 atom stereocenters. The molecule has 144 valence electrons. The van der Waals surface area contributed by atoms with Gasteiger partial charge >= 0.3 is 0 Å². The van der Waals surface area contributed by atoms with Crippen molar-refractivity contribution in [1.82, 2.24) is 15.4 Å². The van der Waals surface area contributed by atoms with Gasteiger partial charge in [-0.3, -0.25) is 4.79 Å². The predicted molar refractivity (Wildman–Crippen MR) is 114 cm³/mol. The van der Waals surface area contributed by atoms with Crippen LogP contribution in [0.4, 0.5) is 0 Å². The number of para-hydroxylation sites is 1. The molecule has 6 nitrogen and oxygen atoms in total. The fourth-order valence-corrected chi connectivity index (χ4v) is 3.01. The summed E-state index contributed by atoms with van der Waals surface area (Å²) in [5.41, 5.74) is 8.68. The number of aryl methyl sites for hydroxylation is 2. The van der Waals surface area contributed by atoms with Gasteiger partial charge in [-0.05, 0) is 61.4 Å². The van der Waals surface area contributed by atoms with E-state index in [0.717, 1.165) is 22.4 Å². The van der Waals surface area contributed by atoms with Crippen LogP contribution in [0.2, 0.25) is 0 Å². The van der Waals surface area contributed by atoms with Crippen molar-refractivity contribution in [3.05, 3.63) is 82.9 Å². The molecule has 4 rings (SSSR count). The lowest BCUT2D eigenvalue weighted by Gasteiger charge is -2.02. The van der Waals surface area contributed by atoms with Crippen molar-refractivity contribution in [3.63, 3.8) is 0 Å². The first kappa shape index (κ1) is 18.4. The Hall–Kier alpha value is -3.93. The minimum Gasteiger partial charge on any atom is -0.507 e. The molecule has 3 aromatic carbocycles. The zero-order chi connectivity index (χ0) is 20.4. The first-order chi connectivity index (χ1) is 14.0. The number of phenolic OH excluding ortho intramolecular Hbond substituents is 1. The lowest BCUT2D eigenvalue weighted by Crippen LogP contribution is -2.17. The third kappa shape index (κ3) is 3.87. The molecular formula is C23H20N4O2. The van der Waals surface area contributed by atoms with Crippen LogP contribution in [0.3, 0.4) is 0 Å². The number of phenols is 1. The van der Waals surface area contributed by atoms with Gasteiger partial charge in [-0.2, -0.15) is 5.10 Å². The van der Waals surface area contributed by atoms with Crippen molar-refractivity contribution in [2.75, 3.05) is 0 Å². The Morgan fingerprint density at radius 2 is 1.79 bits per heavy atom. The standard InChI is InChI=1S/C23H20N4O2/c1-14-11-19-20(12-15(14)2)26-22(25-19)16-7-9-17(10-8-16)23(29)27-24-13-18-5-3-4-6-21(18)28/h3-13,28H,1-2H3,(H,25,26)(H,27,29)/b24-13+. The van der Waals surface area contributed by atoms with Crippen LogP contribution < -0.4 is 5.43 Å². The molecule has 0 saturated heterocycles. The minimum absolute atomic E-state index is 0.103. The number of aromatic amines is 1. The summed E-state index contributed by atoms with van der Waals surface area (Å²) in [6.45, 7) is 4.14. The van der Waals surface area contributed by atoms with Crippen molar-refractivity contribution in [2.45, 2.75) is 13.8 Å². The fraction of sp³-hybridized carbons (Fsp3) is 0.0870. The van der Waals surface area contributed by atoms with E-state index in [1.165, 1.54) is 17.3 Å². The predicted octanol–water partition coefficient (Wildman–Crippen LogP) is 4.32. The van der Waals surface area contributed by atoms with Crippen LogP contribution in [-0.4, -0.2) is 27.2 Å². The number of nitrogens with zero attached hydrogens (tertiary/aromatic N) is 2. The summed E-state index contributed by atoms with van der Waals surface area (Å²) in [5, 5.41) is 13.6. The maximum absolute atomic E-state index is 12.3. The molecule has 4 aromatic rings. The van der Waals surface area contributed by atoms with Gasteiger partial charge < -0.3 is 10.1 Å². The maximum atomic E-state index is 12.3. The van der Waals surface area contributed by atoms with Crippen LogP contribution in [0.1, 0.15) is 27.0 Å². The van der Waals surface area contributed by atoms with Crippen molar-refractivity contribution < 1.29 is 9.90 Å². The number of fused-ring (bicyclic) bond motifs is 1. The second-order valence-electron chi connectivity index (χ2n) is 6.87. The van der Waals surface area contributed by atoms with Gasteiger partial charge in [0.2, 0.25) is 0 Å². The Labute approximate surface area is 167 Å². The Kier molecular flexibility index (Phi) is 4.83. The summed E-state index contributed by atoms with van der Waals surface area (Å²) in [4.78, 5) is 20.2. The van der Waals surface area contributed by atoms with E-state index < -0.39 is 0 Å². The third-order valence-corrected chi connectivity index (χ3v) is 4.82. The molecule has 0 radical (unpaired) electrons. The van der Waals surface area contributed by atoms with Gasteiger partial charge in [0, 0.05) is 16.7 Å². The number of benzene rings is 3. The second-order valence-corrected chi connectivity index (χ2v) is 6.87. The number of imidazole rings is 1. The lowest BCUT2D eigenvalue weighted by atomic mass is 10.1. The zero-order valence-electron chi connectivity index (χ0n) is 16.1. The highest BCUT2D eigenvalue weighted by molar-refractivity contribution is 5.95. The van der Waals surface area contributed by atoms with E-state index in [4.69, 9.17) is 0 Å². The number of nitrogens with one attached hydrogen (secondary N) is 2. The van der Waals surface area contributed by atoms with Gasteiger partial charge in [0.15, 0.2) is 0 Å². The fourth-order valence-electron chi connectivity index (χ4n) is 3.01. The first-order valence-electron chi connectivity index (χ1n) is 9.20. The topological polar surface area (TPSA) is 90.4 Å². The van der Waals surface area contributed by atoms with Gasteiger partial charge in [0.1, 0.15) is 11.6 Å². The van der Waals surface area contributed by atoms with E-state index in [-0.39, 0.29) is 11.7 Å². The van der Waals surface area contributed by atoms with Crippen LogP contribution in [0.15, 0.2) is 65.8 Å². The normalized spacial score (nSPS) is 11.2. The summed E-state index contributed by atoms with van der Waals surface area (Å²) in [6, 6.07) is 18.1. The summed E-state index contributed by atoms with van der Waals surface area (Å²) in [5.74, 6) is 0.527. The smallest absolute Gasteiger partial charge is 0.271 e. The molecular weight excluding hydrogens is 364 g/mol. The van der Waals surface area contributed by atoms with E-state index in [0.29, 0.717) is 11.1 Å². The van der Waals surface area contributed by atoms with Gasteiger partial charge in [-0.25, -0.2) is 10.4 Å². The molecule has 0 spiro atoms. The van der Waals surface area contributed by atoms with Gasteiger partial charge in [-0.1, -0.05) is 24.3 Å². The molecule has 0 aliphatic rings. The highest BCUT2D eigenvalue weighted by Gasteiger charge is 2.09. The number of H-pyrrole nitrogens is 1. The number of hydrazone groups is 1. The lowest BCUT2D eigenvalue weighted by molar-refractivity contribution is 0.0955. The number of rotatable bonds is 4. The Morgan fingerprint density at radius 1 is 1.07 bits per heavy atom. The number of aromatic hydroxyl groups is 1. The molecule has 1 aromatic heterocycles. The van der Waals surface area contributed by atoms with Crippen molar-refractivity contribution in [3.8, 4) is 17.1 Å². The summed E-state index contributed by atoms with van der Waals surface area (Å²) in [7, 11) is 0. The largest absolute Gasteiger partial charge is 0.507 e. The Bertz CT molecular complexity index is 1180. The number of hydrogen-bond donors (Lipinski definition) is 3. The molecule has 3 N–H and O–H groups in total. The number of amides is 1. The Balaban J connectivity index is 1.49. The average molecular weight is 384 g/mol. The average Bonchev–Trinajstić information content (AvgIpc) is 3.12. The molecule has 0 aliphatic heterocycles. The van der Waals surface area contributed by atoms with E-state index >= 15 is 0 Å². The van der Waals surface area contributed by atoms with Crippen LogP contribution >= 0.6 is 0 Å². The van der Waals surface area contributed by atoms with E-state index in [1.807, 2.05) is 12.1 Å². The monoisotopic (exact) mass is 384 g/mol. The molecule has 0 bridgehead atoms. The van der Waals surface area contributed by atoms with Crippen LogP contribution in [0.25, 0.3) is 22.4 Å². The SMILES string of the molecule is Cc1cc2nc(-c3ccc(C(=O)N/N=C/c4ccccc4O)cc3)[nH]c2cc1C. The molecule has 29 heavy (non-hydrogen) atoms. The van der Waals surface area contributed by atoms with Gasteiger partial charge in [0.05, 0.1) is 17.2 Å². The van der Waals surface area contributed by atoms with E-state index in [9.17, 15) is 9.90 Å². The quantitative estimate of drug-likeness (QED) is 0.362. The van der Waals surface area contributed by atoms with Gasteiger partial charge in [0.25, 0.3) is 5.91 Å². The third-order valence-electron chi connectivity index (χ3n) is 4.82. The second kappa shape index (κ2) is 7.59. The first-order valence-corrected chi connectivity index (χ1v) is 9.20. The van der Waals surface area contributed by atoms with Crippen molar-refractivity contribution >= 4 is 23.2 Å². The minimum atomic E-state index is -0.334. The summed E-state index contributed by atoms with van der Waals surface area (Å²) < 4.78 is 0. The molecule has 0 unspecified atom stereocenters. The summed E-state index contributed by atoms with van der Waals surface area (Å²) >= 11 is 0. The number of carbonyl (C=O) groups is 1. The van der Waals surface area contributed by atoms with Crippen molar-refractivity contribution in [2.24, 2.45) is 5.10 Å². The van der Waals surface area contributed by atoms with Gasteiger partial charge in [-0.15, -0.1) is 0 Å². The van der Waals surface area contributed by atoms with Crippen LogP contribution in [0.5, 0.6) is 5.75 Å². The van der Waals surface area contributed by atoms with E-state index in [1.54, 1.807) is 36.4 Å². The molecule has 6 heteroatoms. The van der Waals surface area contributed by atoms with Crippen LogP contribution in [-0.2, 0) is 0 Å². The number of aromatic nitrogens is 2. The highest BCUT2D eigenvalue weighted by atomic mass is 16.3. The number of hydrogen-bond acceptors (Lipinski definition) is 4. The highest BCUT2D eigenvalue weighted by Crippen LogP contribution is 2.23. The molecule has 1 amide bonds. The van der Waals surface area contributed by atoms with Crippen LogP contribution in [0, 0.1) is 13.8 Å². The number of carbonyl (C=O) groups excluding carboxylic acids is 1. The van der Waals surface area contributed by atoms with E-state index in [2.05, 4.69) is 46.5 Å². The Morgan fingerprint density at radius 3 is 2.55 bits per heavy atom.